The summed E-state index contributed by atoms with van der Waals surface area (Å²) in [5, 5.41) is 2.43. The van der Waals surface area contributed by atoms with Gasteiger partial charge in [0, 0.05) is 38.6 Å². The molecule has 2 aromatic heterocycles. The van der Waals surface area contributed by atoms with Crippen molar-refractivity contribution in [2.45, 2.75) is 30.9 Å². The first-order valence-electron chi connectivity index (χ1n) is 10.0. The van der Waals surface area contributed by atoms with Crippen molar-refractivity contribution >= 4 is 33.3 Å². The highest BCUT2D eigenvalue weighted by molar-refractivity contribution is 7.89. The van der Waals surface area contributed by atoms with E-state index in [1.54, 1.807) is 16.4 Å². The third-order valence-corrected chi connectivity index (χ3v) is 7.98. The van der Waals surface area contributed by atoms with Crippen LogP contribution in [0.4, 0.5) is 17.3 Å². The molecule has 2 aliphatic rings. The van der Waals surface area contributed by atoms with E-state index in [-0.39, 0.29) is 16.8 Å². The molecule has 0 atom stereocenters. The Bertz CT molecular complexity index is 1000. The monoisotopic (exact) mass is 431 g/mol. The predicted molar refractivity (Wildman–Crippen MR) is 114 cm³/mol. The fourth-order valence-electron chi connectivity index (χ4n) is 3.89. The van der Waals surface area contributed by atoms with Crippen LogP contribution < -0.4 is 16.0 Å². The Labute approximate surface area is 175 Å². The average Bonchev–Trinajstić information content (AvgIpc) is 3.32. The van der Waals surface area contributed by atoms with Crippen LogP contribution in [0.25, 0.3) is 0 Å². The molecule has 1 amide bonds. The fraction of sp³-hybridized carbons (Fsp3) is 0.474. The SMILES string of the molecule is Nc1ccc(N2CCN(S(=O)(=O)C3CCCC3)CC2)nc1NC(=O)c1cnccn1. The molecule has 0 bridgehead atoms. The van der Waals surface area contributed by atoms with Gasteiger partial charge in [-0.2, -0.15) is 4.31 Å². The predicted octanol–water partition coefficient (Wildman–Crippen LogP) is 1.10. The van der Waals surface area contributed by atoms with Crippen molar-refractivity contribution in [2.24, 2.45) is 0 Å². The average molecular weight is 432 g/mol. The summed E-state index contributed by atoms with van der Waals surface area (Å²) in [5.74, 6) is 0.424. The Kier molecular flexibility index (Phi) is 5.82. The minimum Gasteiger partial charge on any atom is -0.396 e. The van der Waals surface area contributed by atoms with Gasteiger partial charge in [-0.25, -0.2) is 18.4 Å². The van der Waals surface area contributed by atoms with Gasteiger partial charge in [-0.15, -0.1) is 0 Å². The molecule has 0 aromatic carbocycles. The lowest BCUT2D eigenvalue weighted by Crippen LogP contribution is -2.51. The number of nitrogens with one attached hydrogen (secondary N) is 1. The third-order valence-electron chi connectivity index (χ3n) is 5.59. The molecular weight excluding hydrogens is 406 g/mol. The van der Waals surface area contributed by atoms with Crippen molar-refractivity contribution in [1.29, 1.82) is 0 Å². The first kappa shape index (κ1) is 20.5. The summed E-state index contributed by atoms with van der Waals surface area (Å²) in [5.41, 5.74) is 6.47. The molecule has 1 saturated carbocycles. The maximum absolute atomic E-state index is 12.8. The van der Waals surface area contributed by atoms with Gasteiger partial charge < -0.3 is 16.0 Å². The fourth-order valence-corrected chi connectivity index (χ4v) is 5.92. The molecule has 4 rings (SSSR count). The number of nitrogens with two attached hydrogens (primary N) is 1. The van der Waals surface area contributed by atoms with Crippen molar-refractivity contribution in [2.75, 3.05) is 42.1 Å². The number of amides is 1. The summed E-state index contributed by atoms with van der Waals surface area (Å²) in [6, 6.07) is 3.45. The summed E-state index contributed by atoms with van der Waals surface area (Å²) >= 11 is 0. The molecule has 10 nitrogen and oxygen atoms in total. The van der Waals surface area contributed by atoms with Crippen LogP contribution in [0, 0.1) is 0 Å². The van der Waals surface area contributed by atoms with Crippen LogP contribution >= 0.6 is 0 Å². The van der Waals surface area contributed by atoms with Crippen molar-refractivity contribution in [3.63, 3.8) is 0 Å². The Hall–Kier alpha value is -2.79. The second-order valence-corrected chi connectivity index (χ2v) is 9.70. The molecular formula is C19H25N7O3S. The number of aromatic nitrogens is 3. The molecule has 2 fully saturated rings. The van der Waals surface area contributed by atoms with Gasteiger partial charge in [-0.05, 0) is 25.0 Å². The van der Waals surface area contributed by atoms with Crippen LogP contribution in [0.5, 0.6) is 0 Å². The maximum atomic E-state index is 12.8. The number of piperazine rings is 1. The van der Waals surface area contributed by atoms with Crippen LogP contribution in [0.3, 0.4) is 0 Å². The quantitative estimate of drug-likeness (QED) is 0.719. The zero-order valence-electron chi connectivity index (χ0n) is 16.6. The van der Waals surface area contributed by atoms with E-state index in [1.807, 2.05) is 4.90 Å². The number of nitrogens with zero attached hydrogens (tertiary/aromatic N) is 5. The van der Waals surface area contributed by atoms with E-state index in [2.05, 4.69) is 20.3 Å². The highest BCUT2D eigenvalue weighted by Crippen LogP contribution is 2.28. The molecule has 30 heavy (non-hydrogen) atoms. The number of rotatable bonds is 5. The first-order chi connectivity index (χ1) is 14.4. The minimum absolute atomic E-state index is 0.162. The number of pyridine rings is 1. The number of carbonyl (C=O) groups excluding carboxylic acids is 1. The summed E-state index contributed by atoms with van der Waals surface area (Å²) in [6.07, 6.45) is 7.77. The van der Waals surface area contributed by atoms with Gasteiger partial charge in [-0.3, -0.25) is 9.78 Å². The van der Waals surface area contributed by atoms with Gasteiger partial charge >= 0.3 is 0 Å². The molecule has 0 unspecified atom stereocenters. The van der Waals surface area contributed by atoms with Crippen molar-refractivity contribution < 1.29 is 13.2 Å². The van der Waals surface area contributed by atoms with Crippen LogP contribution in [0.15, 0.2) is 30.7 Å². The highest BCUT2D eigenvalue weighted by atomic mass is 32.2. The molecule has 1 aliphatic heterocycles. The van der Waals surface area contributed by atoms with Gasteiger partial charge in [0.15, 0.2) is 5.82 Å². The summed E-state index contributed by atoms with van der Waals surface area (Å²) < 4.78 is 27.2. The van der Waals surface area contributed by atoms with Crippen LogP contribution in [-0.4, -0.2) is 65.0 Å². The molecule has 0 spiro atoms. The second kappa shape index (κ2) is 8.52. The van der Waals surface area contributed by atoms with Crippen LogP contribution in [0.2, 0.25) is 0 Å². The van der Waals surface area contributed by atoms with E-state index in [9.17, 15) is 13.2 Å². The first-order valence-corrected chi connectivity index (χ1v) is 11.5. The Morgan fingerprint density at radius 1 is 1.10 bits per heavy atom. The summed E-state index contributed by atoms with van der Waals surface area (Å²) in [6.45, 7) is 1.90. The maximum Gasteiger partial charge on any atom is 0.277 e. The number of hydrogen-bond donors (Lipinski definition) is 2. The molecule has 2 aromatic rings. The van der Waals surface area contributed by atoms with Crippen molar-refractivity contribution in [3.8, 4) is 0 Å². The molecule has 3 heterocycles. The number of carbonyl (C=O) groups is 1. The van der Waals surface area contributed by atoms with E-state index in [0.29, 0.717) is 37.7 Å². The van der Waals surface area contributed by atoms with Gasteiger partial charge in [0.2, 0.25) is 10.0 Å². The Balaban J connectivity index is 1.43. The molecule has 3 N–H and O–H groups in total. The lowest BCUT2D eigenvalue weighted by molar-refractivity contribution is 0.102. The van der Waals surface area contributed by atoms with Gasteiger partial charge in [-0.1, -0.05) is 12.8 Å². The normalized spacial score (nSPS) is 18.5. The summed E-state index contributed by atoms with van der Waals surface area (Å²) in [4.78, 5) is 26.7. The third kappa shape index (κ3) is 4.21. The van der Waals surface area contributed by atoms with E-state index >= 15 is 0 Å². The zero-order chi connectivity index (χ0) is 21.1. The number of sulfonamides is 1. The second-order valence-electron chi connectivity index (χ2n) is 7.49. The smallest absolute Gasteiger partial charge is 0.277 e. The van der Waals surface area contributed by atoms with Crippen molar-refractivity contribution in [3.05, 3.63) is 36.4 Å². The molecule has 1 saturated heterocycles. The molecule has 160 valence electrons. The van der Waals surface area contributed by atoms with E-state index in [0.717, 1.165) is 25.7 Å². The Morgan fingerprint density at radius 2 is 1.83 bits per heavy atom. The molecule has 1 aliphatic carbocycles. The number of nitrogen functional groups attached to an aromatic ring is 1. The van der Waals surface area contributed by atoms with Gasteiger partial charge in [0.1, 0.15) is 11.5 Å². The topological polar surface area (TPSA) is 134 Å². The van der Waals surface area contributed by atoms with Gasteiger partial charge in [0.25, 0.3) is 5.91 Å². The zero-order valence-corrected chi connectivity index (χ0v) is 17.4. The standard InChI is InChI=1S/C19H25N7O3S/c20-15-5-6-17(23-18(15)24-19(27)16-13-21-7-8-22-16)25-9-11-26(12-10-25)30(28,29)14-3-1-2-4-14/h5-8,13-14H,1-4,9-12,20H2,(H,23,24,27). The summed E-state index contributed by atoms with van der Waals surface area (Å²) in [7, 11) is -3.23. The van der Waals surface area contributed by atoms with Crippen molar-refractivity contribution in [1.82, 2.24) is 19.3 Å². The number of hydrogen-bond acceptors (Lipinski definition) is 8. The van der Waals surface area contributed by atoms with E-state index in [1.165, 1.54) is 18.6 Å². The Morgan fingerprint density at radius 3 is 2.50 bits per heavy atom. The minimum atomic E-state index is -3.23. The number of anilines is 3. The lowest BCUT2D eigenvalue weighted by atomic mass is 10.3. The lowest BCUT2D eigenvalue weighted by Gasteiger charge is -2.36. The van der Waals surface area contributed by atoms with E-state index in [4.69, 9.17) is 5.73 Å². The van der Waals surface area contributed by atoms with Crippen LogP contribution in [0.1, 0.15) is 36.2 Å². The largest absolute Gasteiger partial charge is 0.396 e. The molecule has 11 heteroatoms. The highest BCUT2D eigenvalue weighted by Gasteiger charge is 2.35. The van der Waals surface area contributed by atoms with Crippen LogP contribution in [-0.2, 0) is 10.0 Å². The van der Waals surface area contributed by atoms with E-state index < -0.39 is 15.9 Å². The molecule has 0 radical (unpaired) electrons. The van der Waals surface area contributed by atoms with Gasteiger partial charge in [0.05, 0.1) is 17.1 Å².